The molecule has 3 aromatic rings. The molecular weight excluding hydrogens is 457 g/mol. The number of benzene rings is 2. The minimum Gasteiger partial charge on any atom is -0.503 e. The second kappa shape index (κ2) is 9.22. The summed E-state index contributed by atoms with van der Waals surface area (Å²) >= 11 is 5.79. The zero-order valence-electron chi connectivity index (χ0n) is 19.1. The van der Waals surface area contributed by atoms with Crippen LogP contribution in [-0.4, -0.2) is 20.8 Å². The van der Waals surface area contributed by atoms with Crippen LogP contribution in [-0.2, 0) is 18.5 Å². The molecule has 2 aromatic carbocycles. The predicted octanol–water partition coefficient (Wildman–Crippen LogP) is 4.82. The number of aromatic nitrogens is 2. The van der Waals surface area contributed by atoms with Crippen LogP contribution in [0.1, 0.15) is 54.7 Å². The van der Waals surface area contributed by atoms with Crippen LogP contribution in [0, 0.1) is 11.2 Å². The number of carbonyl (C=O) groups excluding carboxylic acids is 1. The van der Waals surface area contributed by atoms with Crippen LogP contribution < -0.4 is 10.7 Å². The van der Waals surface area contributed by atoms with Crippen molar-refractivity contribution in [1.29, 1.82) is 0 Å². The van der Waals surface area contributed by atoms with Crippen LogP contribution in [0.4, 0.5) is 4.39 Å². The number of amides is 1. The SMILES string of the molecule is CC1(C)CCC(Cn2cc(O)c(=O)c(C(=O)NCc3ccc(F)c(Cl)c3)n2)(c2ccccc2)C1. The molecule has 1 atom stereocenters. The number of nitrogens with zero attached hydrogens (tertiary/aromatic N) is 2. The normalized spacial score (nSPS) is 19.2. The molecule has 0 saturated heterocycles. The molecule has 8 heteroatoms. The van der Waals surface area contributed by atoms with E-state index in [9.17, 15) is 19.1 Å². The van der Waals surface area contributed by atoms with Crippen molar-refractivity contribution < 1.29 is 14.3 Å². The van der Waals surface area contributed by atoms with Gasteiger partial charge in [0.15, 0.2) is 11.4 Å². The summed E-state index contributed by atoms with van der Waals surface area (Å²) < 4.78 is 14.9. The Morgan fingerprint density at radius 3 is 2.59 bits per heavy atom. The van der Waals surface area contributed by atoms with Gasteiger partial charge >= 0.3 is 0 Å². The highest BCUT2D eigenvalue weighted by atomic mass is 35.5. The van der Waals surface area contributed by atoms with Crippen molar-refractivity contribution in [3.05, 3.63) is 92.6 Å². The van der Waals surface area contributed by atoms with Gasteiger partial charge in [0.1, 0.15) is 5.82 Å². The van der Waals surface area contributed by atoms with E-state index in [0.29, 0.717) is 12.1 Å². The van der Waals surface area contributed by atoms with Gasteiger partial charge in [-0.1, -0.05) is 61.8 Å². The molecule has 34 heavy (non-hydrogen) atoms. The molecule has 1 aromatic heterocycles. The topological polar surface area (TPSA) is 84.2 Å². The lowest BCUT2D eigenvalue weighted by molar-refractivity contribution is 0.0940. The summed E-state index contributed by atoms with van der Waals surface area (Å²) in [4.78, 5) is 25.3. The fraction of sp³-hybridized carbons (Fsp3) is 0.346. The van der Waals surface area contributed by atoms with Gasteiger partial charge in [-0.15, -0.1) is 0 Å². The molecule has 1 saturated carbocycles. The number of hydrogen-bond donors (Lipinski definition) is 2. The second-order valence-electron chi connectivity index (χ2n) is 9.81. The van der Waals surface area contributed by atoms with Crippen molar-refractivity contribution in [1.82, 2.24) is 15.1 Å². The molecular formula is C26H27ClFN3O3. The lowest BCUT2D eigenvalue weighted by Gasteiger charge is -2.32. The van der Waals surface area contributed by atoms with Crippen LogP contribution in [0.5, 0.6) is 5.75 Å². The lowest BCUT2D eigenvalue weighted by Crippen LogP contribution is -2.35. The van der Waals surface area contributed by atoms with Gasteiger partial charge < -0.3 is 10.4 Å². The predicted molar refractivity (Wildman–Crippen MR) is 128 cm³/mol. The van der Waals surface area contributed by atoms with E-state index < -0.39 is 28.6 Å². The minimum atomic E-state index is -0.841. The summed E-state index contributed by atoms with van der Waals surface area (Å²) in [7, 11) is 0. The first-order chi connectivity index (χ1) is 16.1. The maximum absolute atomic E-state index is 13.4. The van der Waals surface area contributed by atoms with Gasteiger partial charge in [0.2, 0.25) is 0 Å². The minimum absolute atomic E-state index is 0.0255. The van der Waals surface area contributed by atoms with Crippen LogP contribution in [0.25, 0.3) is 0 Å². The molecule has 6 nitrogen and oxygen atoms in total. The highest BCUT2D eigenvalue weighted by molar-refractivity contribution is 6.30. The van der Waals surface area contributed by atoms with Gasteiger partial charge in [0.05, 0.1) is 17.8 Å². The third kappa shape index (κ3) is 4.99. The molecule has 1 fully saturated rings. The largest absolute Gasteiger partial charge is 0.503 e. The molecule has 1 unspecified atom stereocenters. The summed E-state index contributed by atoms with van der Waals surface area (Å²) in [6, 6.07) is 14.2. The number of halogens is 2. The monoisotopic (exact) mass is 483 g/mol. The Kier molecular flexibility index (Phi) is 6.49. The zero-order chi connectivity index (χ0) is 24.5. The fourth-order valence-corrected chi connectivity index (χ4v) is 5.12. The van der Waals surface area contributed by atoms with Crippen molar-refractivity contribution in [3.8, 4) is 5.75 Å². The zero-order valence-corrected chi connectivity index (χ0v) is 19.9. The van der Waals surface area contributed by atoms with E-state index in [1.165, 1.54) is 34.6 Å². The molecule has 1 aliphatic rings. The maximum atomic E-state index is 13.4. The Balaban J connectivity index is 1.61. The van der Waals surface area contributed by atoms with Crippen molar-refractivity contribution in [2.24, 2.45) is 5.41 Å². The summed E-state index contributed by atoms with van der Waals surface area (Å²) in [5, 5.41) is 17.1. The quantitative estimate of drug-likeness (QED) is 0.526. The Hall–Kier alpha value is -3.19. The van der Waals surface area contributed by atoms with Gasteiger partial charge in [-0.3, -0.25) is 14.3 Å². The summed E-state index contributed by atoms with van der Waals surface area (Å²) in [5.41, 5.74) is 0.391. The Bertz CT molecular complexity index is 1280. The highest BCUT2D eigenvalue weighted by Gasteiger charge is 2.44. The number of hydrogen-bond acceptors (Lipinski definition) is 4. The number of carbonyl (C=O) groups is 1. The van der Waals surface area contributed by atoms with Gasteiger partial charge in [0, 0.05) is 12.0 Å². The Labute approximate surface area is 202 Å². The van der Waals surface area contributed by atoms with E-state index in [1.54, 1.807) is 0 Å². The molecule has 1 aliphatic carbocycles. The van der Waals surface area contributed by atoms with E-state index in [0.717, 1.165) is 19.3 Å². The van der Waals surface area contributed by atoms with Crippen LogP contribution >= 0.6 is 11.6 Å². The second-order valence-corrected chi connectivity index (χ2v) is 10.2. The summed E-state index contributed by atoms with van der Waals surface area (Å²) in [6.45, 7) is 4.91. The van der Waals surface area contributed by atoms with E-state index in [2.05, 4.69) is 36.4 Å². The third-order valence-electron chi connectivity index (χ3n) is 6.55. The summed E-state index contributed by atoms with van der Waals surface area (Å²) in [6.07, 6.45) is 4.15. The lowest BCUT2D eigenvalue weighted by atomic mass is 9.76. The average molecular weight is 484 g/mol. The Morgan fingerprint density at radius 1 is 1.21 bits per heavy atom. The Morgan fingerprint density at radius 2 is 1.94 bits per heavy atom. The molecule has 1 heterocycles. The van der Waals surface area contributed by atoms with Crippen molar-refractivity contribution >= 4 is 17.5 Å². The third-order valence-corrected chi connectivity index (χ3v) is 6.84. The molecule has 0 aliphatic heterocycles. The molecule has 0 spiro atoms. The van der Waals surface area contributed by atoms with Crippen molar-refractivity contribution in [3.63, 3.8) is 0 Å². The average Bonchev–Trinajstić information content (AvgIpc) is 3.12. The number of aromatic hydroxyl groups is 1. The van der Waals surface area contributed by atoms with Gasteiger partial charge in [-0.2, -0.15) is 5.10 Å². The van der Waals surface area contributed by atoms with Crippen LogP contribution in [0.2, 0.25) is 5.02 Å². The van der Waals surface area contributed by atoms with Gasteiger partial charge in [-0.05, 0) is 47.9 Å². The van der Waals surface area contributed by atoms with E-state index >= 15 is 0 Å². The first-order valence-corrected chi connectivity index (χ1v) is 11.5. The highest BCUT2D eigenvalue weighted by Crippen LogP contribution is 2.51. The fourth-order valence-electron chi connectivity index (χ4n) is 4.91. The molecule has 1 amide bonds. The van der Waals surface area contributed by atoms with Crippen LogP contribution in [0.15, 0.2) is 59.5 Å². The molecule has 0 radical (unpaired) electrons. The molecule has 4 rings (SSSR count). The molecule has 0 bridgehead atoms. The standard InChI is InChI=1S/C26H27ClFN3O3/c1-25(2)10-11-26(15-25,18-6-4-3-5-7-18)16-31-14-21(32)23(33)22(30-31)24(34)29-13-17-8-9-20(28)19(27)12-17/h3-9,12,14,32H,10-11,13,15-16H2,1-2H3,(H,29,34). The number of rotatable bonds is 6. The first-order valence-electron chi connectivity index (χ1n) is 11.2. The van der Waals surface area contributed by atoms with Crippen molar-refractivity contribution in [2.45, 2.75) is 51.6 Å². The van der Waals surface area contributed by atoms with Gasteiger partial charge in [0.25, 0.3) is 11.3 Å². The summed E-state index contributed by atoms with van der Waals surface area (Å²) in [5.74, 6) is -1.82. The van der Waals surface area contributed by atoms with E-state index in [1.807, 2.05) is 18.2 Å². The van der Waals surface area contributed by atoms with E-state index in [4.69, 9.17) is 11.6 Å². The van der Waals surface area contributed by atoms with Crippen molar-refractivity contribution in [2.75, 3.05) is 0 Å². The molecule has 178 valence electrons. The molecule has 2 N–H and O–H groups in total. The smallest absolute Gasteiger partial charge is 0.276 e. The van der Waals surface area contributed by atoms with Crippen LogP contribution in [0.3, 0.4) is 0 Å². The first kappa shape index (κ1) is 24.0. The van der Waals surface area contributed by atoms with Gasteiger partial charge in [-0.25, -0.2) is 4.39 Å². The number of nitrogens with one attached hydrogen (secondary N) is 1. The maximum Gasteiger partial charge on any atom is 0.276 e. The van der Waals surface area contributed by atoms with E-state index in [-0.39, 0.29) is 22.4 Å².